The first kappa shape index (κ1) is 21.0. The van der Waals surface area contributed by atoms with Crippen LogP contribution in [0, 0.1) is 5.92 Å². The van der Waals surface area contributed by atoms with Crippen LogP contribution in [0.1, 0.15) is 6.42 Å². The van der Waals surface area contributed by atoms with Gasteiger partial charge in [-0.1, -0.05) is 29.3 Å². The maximum atomic E-state index is 12.3. The lowest BCUT2D eigenvalue weighted by atomic mass is 10.1. The van der Waals surface area contributed by atoms with E-state index in [-0.39, 0.29) is 18.9 Å². The van der Waals surface area contributed by atoms with Gasteiger partial charge in [0.1, 0.15) is 5.75 Å². The van der Waals surface area contributed by atoms with Gasteiger partial charge in [-0.2, -0.15) is 0 Å². The molecular formula is C20H18Cl2N2O5. The van der Waals surface area contributed by atoms with Gasteiger partial charge in [-0.3, -0.25) is 14.4 Å². The van der Waals surface area contributed by atoms with Crippen molar-refractivity contribution in [3.05, 3.63) is 52.5 Å². The van der Waals surface area contributed by atoms with Crippen LogP contribution in [0.5, 0.6) is 5.75 Å². The van der Waals surface area contributed by atoms with Gasteiger partial charge in [-0.05, 0) is 30.3 Å². The fourth-order valence-corrected chi connectivity index (χ4v) is 3.26. The first-order chi connectivity index (χ1) is 13.9. The van der Waals surface area contributed by atoms with Crippen LogP contribution in [-0.2, 0) is 19.1 Å². The van der Waals surface area contributed by atoms with Gasteiger partial charge < -0.3 is 19.7 Å². The minimum atomic E-state index is -0.656. The Morgan fingerprint density at radius 3 is 2.76 bits per heavy atom. The zero-order valence-corrected chi connectivity index (χ0v) is 17.0. The minimum Gasteiger partial charge on any atom is -0.497 e. The zero-order chi connectivity index (χ0) is 21.0. The van der Waals surface area contributed by atoms with Crippen molar-refractivity contribution >= 4 is 52.4 Å². The largest absolute Gasteiger partial charge is 0.497 e. The van der Waals surface area contributed by atoms with Crippen LogP contribution < -0.4 is 15.0 Å². The van der Waals surface area contributed by atoms with Gasteiger partial charge in [0.2, 0.25) is 5.91 Å². The van der Waals surface area contributed by atoms with E-state index in [1.165, 1.54) is 18.1 Å². The Labute approximate surface area is 177 Å². The second-order valence-corrected chi connectivity index (χ2v) is 7.23. The summed E-state index contributed by atoms with van der Waals surface area (Å²) in [6, 6.07) is 11.6. The number of esters is 1. The van der Waals surface area contributed by atoms with E-state index in [1.54, 1.807) is 36.4 Å². The summed E-state index contributed by atoms with van der Waals surface area (Å²) in [5.74, 6) is -1.42. The highest BCUT2D eigenvalue weighted by Gasteiger charge is 2.36. The van der Waals surface area contributed by atoms with Gasteiger partial charge in [0.15, 0.2) is 6.61 Å². The molecular weight excluding hydrogens is 419 g/mol. The number of benzene rings is 2. The van der Waals surface area contributed by atoms with E-state index < -0.39 is 24.4 Å². The molecule has 0 aromatic heterocycles. The molecule has 1 N–H and O–H groups in total. The third-order valence-electron chi connectivity index (χ3n) is 4.37. The van der Waals surface area contributed by atoms with Crippen LogP contribution >= 0.6 is 23.2 Å². The zero-order valence-electron chi connectivity index (χ0n) is 15.5. The molecule has 3 rings (SSSR count). The Morgan fingerprint density at radius 2 is 2.00 bits per heavy atom. The van der Waals surface area contributed by atoms with Crippen LogP contribution in [0.4, 0.5) is 11.4 Å². The van der Waals surface area contributed by atoms with Crippen molar-refractivity contribution < 1.29 is 23.9 Å². The number of amides is 2. The smallest absolute Gasteiger partial charge is 0.311 e. The molecule has 0 unspecified atom stereocenters. The van der Waals surface area contributed by atoms with Crippen LogP contribution in [0.25, 0.3) is 0 Å². The molecule has 2 aromatic carbocycles. The highest BCUT2D eigenvalue weighted by molar-refractivity contribution is 6.35. The molecule has 7 nitrogen and oxygen atoms in total. The first-order valence-corrected chi connectivity index (χ1v) is 9.49. The van der Waals surface area contributed by atoms with Gasteiger partial charge in [0.25, 0.3) is 5.91 Å². The van der Waals surface area contributed by atoms with Crippen LogP contribution in [0.3, 0.4) is 0 Å². The lowest BCUT2D eigenvalue weighted by molar-refractivity contribution is -0.151. The number of ether oxygens (including phenoxy) is 2. The highest BCUT2D eigenvalue weighted by Crippen LogP contribution is 2.29. The van der Waals surface area contributed by atoms with Gasteiger partial charge in [0.05, 0.1) is 23.7 Å². The summed E-state index contributed by atoms with van der Waals surface area (Å²) >= 11 is 11.9. The average molecular weight is 437 g/mol. The molecule has 0 radical (unpaired) electrons. The van der Waals surface area contributed by atoms with Gasteiger partial charge in [0, 0.05) is 29.7 Å². The predicted molar refractivity (Wildman–Crippen MR) is 110 cm³/mol. The lowest BCUT2D eigenvalue weighted by Gasteiger charge is -2.17. The standard InChI is InChI=1S/C20H18Cl2N2O5/c1-28-15-4-2-3-14(9-15)24-10-12(7-19(24)26)20(27)29-11-18(25)23-17-8-13(21)5-6-16(17)22/h2-6,8-9,12H,7,10-11H2,1H3,(H,23,25)/t12-/m0/s1. The van der Waals surface area contributed by atoms with Gasteiger partial charge in [-0.15, -0.1) is 0 Å². The van der Waals surface area contributed by atoms with Gasteiger partial charge >= 0.3 is 5.97 Å². The van der Waals surface area contributed by atoms with Gasteiger partial charge in [-0.25, -0.2) is 0 Å². The van der Waals surface area contributed by atoms with Crippen molar-refractivity contribution in [2.45, 2.75) is 6.42 Å². The predicted octanol–water partition coefficient (Wildman–Crippen LogP) is 3.54. The molecule has 1 heterocycles. The quantitative estimate of drug-likeness (QED) is 0.699. The summed E-state index contributed by atoms with van der Waals surface area (Å²) in [4.78, 5) is 38.2. The minimum absolute atomic E-state index is 0.0117. The second kappa shape index (κ2) is 9.15. The molecule has 1 fully saturated rings. The molecule has 0 saturated carbocycles. The van der Waals surface area contributed by atoms with Crippen LogP contribution in [-0.4, -0.2) is 38.0 Å². The summed E-state index contributed by atoms with van der Waals surface area (Å²) in [5, 5.41) is 3.25. The lowest BCUT2D eigenvalue weighted by Crippen LogP contribution is -2.28. The number of nitrogens with one attached hydrogen (secondary N) is 1. The van der Waals surface area contributed by atoms with E-state index in [2.05, 4.69) is 5.32 Å². The molecule has 0 spiro atoms. The number of hydrogen-bond donors (Lipinski definition) is 1. The molecule has 1 aliphatic rings. The van der Waals surface area contributed by atoms with E-state index in [4.69, 9.17) is 32.7 Å². The third-order valence-corrected chi connectivity index (χ3v) is 4.94. The van der Waals surface area contributed by atoms with Crippen molar-refractivity contribution in [2.75, 3.05) is 30.5 Å². The third kappa shape index (κ3) is 5.19. The summed E-state index contributed by atoms with van der Waals surface area (Å²) < 4.78 is 10.2. The fraction of sp³-hybridized carbons (Fsp3) is 0.250. The van der Waals surface area contributed by atoms with Crippen LogP contribution in [0.2, 0.25) is 10.0 Å². The maximum Gasteiger partial charge on any atom is 0.311 e. The normalized spacial score (nSPS) is 15.9. The Kier molecular flexibility index (Phi) is 6.61. The molecule has 1 aliphatic heterocycles. The summed E-state index contributed by atoms with van der Waals surface area (Å²) in [6.07, 6.45) is 0.0117. The summed E-state index contributed by atoms with van der Waals surface area (Å²) in [7, 11) is 1.53. The average Bonchev–Trinajstić information content (AvgIpc) is 3.10. The van der Waals surface area contributed by atoms with E-state index in [1.807, 2.05) is 0 Å². The van der Waals surface area contributed by atoms with Crippen molar-refractivity contribution in [3.8, 4) is 5.75 Å². The highest BCUT2D eigenvalue weighted by atomic mass is 35.5. The monoisotopic (exact) mass is 436 g/mol. The molecule has 0 bridgehead atoms. The molecule has 9 heteroatoms. The second-order valence-electron chi connectivity index (χ2n) is 6.39. The first-order valence-electron chi connectivity index (χ1n) is 8.73. The molecule has 0 aliphatic carbocycles. The van der Waals surface area contributed by atoms with E-state index in [0.29, 0.717) is 27.2 Å². The topological polar surface area (TPSA) is 84.9 Å². The number of halogens is 2. The molecule has 1 atom stereocenters. The maximum absolute atomic E-state index is 12.3. The van der Waals surface area contributed by atoms with Crippen molar-refractivity contribution in [1.82, 2.24) is 0 Å². The van der Waals surface area contributed by atoms with Crippen molar-refractivity contribution in [2.24, 2.45) is 5.92 Å². The number of hydrogen-bond acceptors (Lipinski definition) is 5. The molecule has 2 amide bonds. The summed E-state index contributed by atoms with van der Waals surface area (Å²) in [6.45, 7) is -0.321. The summed E-state index contributed by atoms with van der Waals surface area (Å²) in [5.41, 5.74) is 0.957. The van der Waals surface area contributed by atoms with E-state index >= 15 is 0 Å². The Morgan fingerprint density at radius 1 is 1.21 bits per heavy atom. The number of carbonyl (C=O) groups excluding carboxylic acids is 3. The Balaban J connectivity index is 1.55. The van der Waals surface area contributed by atoms with Crippen molar-refractivity contribution in [1.29, 1.82) is 0 Å². The molecule has 2 aromatic rings. The number of nitrogens with zero attached hydrogens (tertiary/aromatic N) is 1. The van der Waals surface area contributed by atoms with E-state index in [0.717, 1.165) is 0 Å². The Hall–Kier alpha value is -2.77. The number of anilines is 2. The number of carbonyl (C=O) groups is 3. The molecule has 29 heavy (non-hydrogen) atoms. The SMILES string of the molecule is COc1cccc(N2C[C@@H](C(=O)OCC(=O)Nc3cc(Cl)ccc3Cl)CC2=O)c1. The fourth-order valence-electron chi connectivity index (χ4n) is 2.93. The molecule has 152 valence electrons. The Bertz CT molecular complexity index is 950. The number of methoxy groups -OCH3 is 1. The van der Waals surface area contributed by atoms with Crippen molar-refractivity contribution in [3.63, 3.8) is 0 Å². The number of rotatable bonds is 6. The molecule has 1 saturated heterocycles. The van der Waals surface area contributed by atoms with E-state index in [9.17, 15) is 14.4 Å². The van der Waals surface area contributed by atoms with Crippen LogP contribution in [0.15, 0.2) is 42.5 Å².